The van der Waals surface area contributed by atoms with Crippen molar-refractivity contribution in [3.63, 3.8) is 0 Å². The summed E-state index contributed by atoms with van der Waals surface area (Å²) in [6, 6.07) is 20.2. The summed E-state index contributed by atoms with van der Waals surface area (Å²) >= 11 is 1.55. The number of hydrogen-bond donors (Lipinski definition) is 7. The fraction of sp³-hybridized carbons (Fsp3) is 0.354. The zero-order valence-corrected chi connectivity index (χ0v) is 36.0. The molecule has 64 heavy (non-hydrogen) atoms. The van der Waals surface area contributed by atoms with Gasteiger partial charge in [-0.1, -0.05) is 97.1 Å². The van der Waals surface area contributed by atoms with Gasteiger partial charge in [-0.2, -0.15) is 0 Å². The molecule has 7 N–H and O–H groups in total. The molecule has 0 saturated heterocycles. The number of carbonyl (C=O) groups is 7. The second kappa shape index (κ2) is 23.1. The van der Waals surface area contributed by atoms with Crippen molar-refractivity contribution < 1.29 is 48.5 Å². The van der Waals surface area contributed by atoms with Crippen molar-refractivity contribution in [1.29, 1.82) is 0 Å². The fourth-order valence-corrected chi connectivity index (χ4v) is 8.64. The highest BCUT2D eigenvalue weighted by Gasteiger charge is 2.35. The lowest BCUT2D eigenvalue weighted by Crippen LogP contribution is -2.59. The van der Waals surface area contributed by atoms with Crippen molar-refractivity contribution in [2.45, 2.75) is 93.2 Å². The lowest BCUT2D eigenvalue weighted by atomic mass is 9.92. The molecule has 4 aliphatic rings. The summed E-state index contributed by atoms with van der Waals surface area (Å²) in [7, 11) is 0. The number of fused-ring (bicyclic) bond motifs is 15. The van der Waals surface area contributed by atoms with Gasteiger partial charge in [0, 0.05) is 18.1 Å². The van der Waals surface area contributed by atoms with E-state index in [0.717, 1.165) is 16.7 Å². The first-order chi connectivity index (χ1) is 30.9. The van der Waals surface area contributed by atoms with Gasteiger partial charge in [0.15, 0.2) is 6.61 Å². The molecular weight excluding hydrogens is 839 g/mol. The molecule has 336 valence electrons. The minimum atomic E-state index is -1.56. The lowest BCUT2D eigenvalue weighted by molar-refractivity contribution is -0.143. The Morgan fingerprint density at radius 3 is 2.09 bits per heavy atom. The summed E-state index contributed by atoms with van der Waals surface area (Å²) in [4.78, 5) is 94.0. The van der Waals surface area contributed by atoms with Gasteiger partial charge in [0.25, 0.3) is 5.91 Å². The number of benzene rings is 3. The van der Waals surface area contributed by atoms with E-state index in [0.29, 0.717) is 30.6 Å². The number of aryl methyl sites for hydroxylation is 1. The van der Waals surface area contributed by atoms with Gasteiger partial charge < -0.3 is 41.5 Å². The number of amides is 5. The van der Waals surface area contributed by atoms with E-state index >= 15 is 0 Å². The van der Waals surface area contributed by atoms with Crippen molar-refractivity contribution in [3.8, 4) is 11.1 Å². The van der Waals surface area contributed by atoms with Crippen LogP contribution in [0.1, 0.15) is 56.1 Å². The smallest absolute Gasteiger partial charge is 0.326 e. The Balaban J connectivity index is 1.33. The van der Waals surface area contributed by atoms with Crippen LogP contribution in [0.4, 0.5) is 0 Å². The Morgan fingerprint density at radius 1 is 0.766 bits per heavy atom. The number of ether oxygens (including phenoxy) is 1. The third kappa shape index (κ3) is 14.2. The number of rotatable bonds is 14. The molecular formula is C48H53N5O10S. The van der Waals surface area contributed by atoms with E-state index < -0.39 is 91.1 Å². The van der Waals surface area contributed by atoms with Crippen LogP contribution in [0.25, 0.3) is 11.1 Å². The van der Waals surface area contributed by atoms with Crippen LogP contribution >= 0.6 is 11.8 Å². The van der Waals surface area contributed by atoms with Gasteiger partial charge in [-0.3, -0.25) is 28.8 Å². The Kier molecular flexibility index (Phi) is 16.9. The van der Waals surface area contributed by atoms with E-state index in [2.05, 4.69) is 26.6 Å². The van der Waals surface area contributed by atoms with Crippen LogP contribution in [-0.2, 0) is 51.1 Å². The third-order valence-electron chi connectivity index (χ3n) is 11.2. The fourth-order valence-electron chi connectivity index (χ4n) is 7.67. The van der Waals surface area contributed by atoms with E-state index in [1.165, 1.54) is 0 Å². The predicted octanol–water partition coefficient (Wildman–Crippen LogP) is 4.19. The van der Waals surface area contributed by atoms with Gasteiger partial charge in [-0.25, -0.2) is 4.79 Å². The molecule has 3 heterocycles. The molecule has 0 saturated carbocycles. The first kappa shape index (κ1) is 46.8. The maximum Gasteiger partial charge on any atom is 0.326 e. The van der Waals surface area contributed by atoms with Crippen LogP contribution in [0.3, 0.4) is 0 Å². The number of allylic oxidation sites excluding steroid dienone is 4. The van der Waals surface area contributed by atoms with Gasteiger partial charge in [0.1, 0.15) is 36.0 Å². The van der Waals surface area contributed by atoms with E-state index in [1.807, 2.05) is 96.4 Å². The van der Waals surface area contributed by atoms with Crippen LogP contribution in [0, 0.1) is 5.92 Å². The highest BCUT2D eigenvalue weighted by molar-refractivity contribution is 8.03. The zero-order valence-electron chi connectivity index (χ0n) is 35.2. The number of thioether (sulfide) groups is 1. The summed E-state index contributed by atoms with van der Waals surface area (Å²) in [5.74, 6) is -6.10. The third-order valence-corrected chi connectivity index (χ3v) is 12.3. The van der Waals surface area contributed by atoms with E-state index in [4.69, 9.17) is 4.74 Å². The first-order valence-electron chi connectivity index (χ1n) is 21.4. The zero-order chi connectivity index (χ0) is 45.4. The van der Waals surface area contributed by atoms with Gasteiger partial charge in [0.05, 0.1) is 0 Å². The van der Waals surface area contributed by atoms with Crippen molar-refractivity contribution in [3.05, 3.63) is 132 Å². The Labute approximate surface area is 375 Å². The Hall–Kier alpha value is -6.68. The minimum absolute atomic E-state index is 0.00328. The molecule has 3 aliphatic heterocycles. The largest absolute Gasteiger partial charge is 0.484 e. The lowest BCUT2D eigenvalue weighted by Gasteiger charge is -2.28. The second-order valence-corrected chi connectivity index (χ2v) is 17.2. The number of carbonyl (C=O) groups excluding carboxylic acids is 5. The average molecular weight is 892 g/mol. The molecule has 0 spiro atoms. The maximum atomic E-state index is 14.6. The molecule has 2 bridgehead atoms. The molecule has 2 unspecified atom stereocenters. The molecule has 16 heteroatoms. The second-order valence-electron chi connectivity index (χ2n) is 16.0. The van der Waals surface area contributed by atoms with Crippen molar-refractivity contribution in [2.75, 3.05) is 6.61 Å². The molecule has 0 fully saturated rings. The van der Waals surface area contributed by atoms with Crippen LogP contribution in [-0.4, -0.2) is 93.8 Å². The van der Waals surface area contributed by atoms with E-state index in [-0.39, 0.29) is 36.9 Å². The van der Waals surface area contributed by atoms with Crippen LogP contribution in [0.15, 0.2) is 120 Å². The molecule has 7 atom stereocenters. The van der Waals surface area contributed by atoms with Crippen LogP contribution < -0.4 is 26.6 Å². The molecule has 3 aromatic carbocycles. The molecule has 1 aliphatic carbocycles. The molecule has 0 aromatic heterocycles. The highest BCUT2D eigenvalue weighted by atomic mass is 32.2. The van der Waals surface area contributed by atoms with Crippen LogP contribution in [0.5, 0.6) is 0 Å². The highest BCUT2D eigenvalue weighted by Crippen LogP contribution is 2.28. The molecule has 5 amide bonds. The molecule has 15 nitrogen and oxygen atoms in total. The van der Waals surface area contributed by atoms with Gasteiger partial charge >= 0.3 is 11.9 Å². The normalized spacial score (nSPS) is 23.4. The topological polar surface area (TPSA) is 229 Å². The standard InChI is InChI=1S/C48H53N5O10S/c54-42-29-63-35-20-15-32(16-21-35)27-40(46(59)51-38(48(61)62)23-24-43(55)56)52-44(57)37(22-17-30-8-3-1-4-9-30)50-45(58)39(53-47(60)41(49-42)28-36-12-7-25-64-36)26-31-13-18-34(19-14-31)33-10-5-2-6-11-33/h1-11,13-15,18-21,25,32,36-41H,12,16-17,22-24,26-29H2,(H,49,54)(H,50,58)(H,51,59)(H,52,57)(H,53,60)(H,55,56)(H,61,62)/t32?,36?,37-,38+,39+,40+,41-/m1/s1. The van der Waals surface area contributed by atoms with Gasteiger partial charge in [-0.15, -0.1) is 11.8 Å². The molecule has 0 radical (unpaired) electrons. The quantitative estimate of drug-likeness (QED) is 0.114. The number of hydrogen-bond acceptors (Lipinski definition) is 9. The SMILES string of the molecule is O=C(O)CC[C@H](NC(=O)[C@@H]1CC2C=CC(=CC2)OCC(=O)N[C@H](CC2CC=CS2)C(=O)N[C@@H](Cc2ccc(-c3ccccc3)cc2)C(=O)N[C@H](CCc2ccccc2)C(=O)N1)C(=O)O. The first-order valence-corrected chi connectivity index (χ1v) is 22.3. The van der Waals surface area contributed by atoms with Crippen molar-refractivity contribution >= 4 is 53.2 Å². The Bertz CT molecular complexity index is 2230. The summed E-state index contributed by atoms with van der Waals surface area (Å²) in [6.45, 7) is -0.407. The maximum absolute atomic E-state index is 14.6. The summed E-state index contributed by atoms with van der Waals surface area (Å²) in [5.41, 5.74) is 3.51. The summed E-state index contributed by atoms with van der Waals surface area (Å²) in [6.07, 6.45) is 7.89. The number of carboxylic acids is 2. The number of carboxylic acid groups (broad SMARTS) is 2. The van der Waals surface area contributed by atoms with Crippen molar-refractivity contribution in [1.82, 2.24) is 26.6 Å². The number of aliphatic carboxylic acids is 2. The average Bonchev–Trinajstić information content (AvgIpc) is 3.81. The monoisotopic (exact) mass is 891 g/mol. The Morgan fingerprint density at radius 2 is 1.44 bits per heavy atom. The van der Waals surface area contributed by atoms with Crippen molar-refractivity contribution in [2.24, 2.45) is 5.92 Å². The molecule has 3 aromatic rings. The predicted molar refractivity (Wildman–Crippen MR) is 240 cm³/mol. The number of nitrogens with one attached hydrogen (secondary N) is 5. The molecule has 7 rings (SSSR count). The van der Waals surface area contributed by atoms with Crippen LogP contribution in [0.2, 0.25) is 0 Å². The van der Waals surface area contributed by atoms with E-state index in [1.54, 1.807) is 30.0 Å². The van der Waals surface area contributed by atoms with Gasteiger partial charge in [-0.05, 0) is 90.7 Å². The minimum Gasteiger partial charge on any atom is -0.484 e. The summed E-state index contributed by atoms with van der Waals surface area (Å²) < 4.78 is 5.80. The van der Waals surface area contributed by atoms with E-state index in [9.17, 15) is 43.8 Å². The van der Waals surface area contributed by atoms with Gasteiger partial charge in [0.2, 0.25) is 23.6 Å². The summed E-state index contributed by atoms with van der Waals surface area (Å²) in [5, 5.41) is 34.7.